The Bertz CT molecular complexity index is 716. The molecule has 0 aliphatic heterocycles. The van der Waals surface area contributed by atoms with Crippen LogP contribution in [0, 0.1) is 28.6 Å². The number of nitrogens with one attached hydrogen (secondary N) is 2. The van der Waals surface area contributed by atoms with Crippen LogP contribution in [0.2, 0.25) is 0 Å². The Morgan fingerprint density at radius 3 is 2.38 bits per heavy atom. The average Bonchev–Trinajstić information content (AvgIpc) is 2.87. The molecule has 0 fully saturated rings. The second-order valence-electron chi connectivity index (χ2n) is 4.85. The number of hydrogen-bond donors (Lipinski definition) is 2. The fraction of sp³-hybridized carbons (Fsp3) is 0.312. The third-order valence-electron chi connectivity index (χ3n) is 3.48. The molecule has 1 aromatic carbocycles. The molecule has 1 heterocycles. The molecule has 5 nitrogen and oxygen atoms in total. The van der Waals surface area contributed by atoms with E-state index in [4.69, 9.17) is 0 Å². The molecule has 21 heavy (non-hydrogen) atoms. The van der Waals surface area contributed by atoms with Crippen molar-refractivity contribution in [2.45, 2.75) is 25.7 Å². The van der Waals surface area contributed by atoms with Gasteiger partial charge in [-0.05, 0) is 12.0 Å². The minimum atomic E-state index is -0.903. The molecule has 2 aromatic rings. The number of aryl methyl sites for hydroxylation is 1. The third kappa shape index (κ3) is 2.88. The third-order valence-corrected chi connectivity index (χ3v) is 3.48. The van der Waals surface area contributed by atoms with Crippen LogP contribution in [0.1, 0.15) is 36.1 Å². The van der Waals surface area contributed by atoms with Crippen molar-refractivity contribution in [1.29, 1.82) is 10.5 Å². The number of hydrogen-bond acceptors (Lipinski definition) is 3. The Labute approximate surface area is 122 Å². The highest BCUT2D eigenvalue weighted by Crippen LogP contribution is 2.31. The number of aromatic nitrogens is 2. The molecule has 0 radical (unpaired) electrons. The number of H-pyrrole nitrogens is 2. The van der Waals surface area contributed by atoms with Crippen molar-refractivity contribution in [2.24, 2.45) is 5.92 Å². The Kier molecular flexibility index (Phi) is 4.58. The summed E-state index contributed by atoms with van der Waals surface area (Å²) in [6.07, 6.45) is 1.56. The van der Waals surface area contributed by atoms with Crippen molar-refractivity contribution in [1.82, 2.24) is 10.2 Å². The largest absolute Gasteiger partial charge is 0.302 e. The van der Waals surface area contributed by atoms with E-state index in [1.165, 1.54) is 0 Å². The number of rotatable bonds is 5. The van der Waals surface area contributed by atoms with E-state index >= 15 is 0 Å². The molecule has 0 aliphatic carbocycles. The minimum Gasteiger partial charge on any atom is -0.302 e. The van der Waals surface area contributed by atoms with Crippen LogP contribution >= 0.6 is 0 Å². The Morgan fingerprint density at radius 2 is 1.81 bits per heavy atom. The maximum Gasteiger partial charge on any atom is 0.268 e. The molecule has 0 unspecified atom stereocenters. The Balaban J connectivity index is 2.62. The van der Waals surface area contributed by atoms with Crippen LogP contribution in [-0.4, -0.2) is 10.2 Å². The van der Waals surface area contributed by atoms with Crippen molar-refractivity contribution < 1.29 is 0 Å². The van der Waals surface area contributed by atoms with Gasteiger partial charge in [-0.15, -0.1) is 0 Å². The smallest absolute Gasteiger partial charge is 0.268 e. The van der Waals surface area contributed by atoms with E-state index in [1.54, 1.807) is 0 Å². The monoisotopic (exact) mass is 280 g/mol. The fourth-order valence-corrected chi connectivity index (χ4v) is 2.54. The molecule has 0 saturated heterocycles. The standard InChI is InChI=1S/C16H16N4O/c1-2-6-13-15(16(21)20-19-13)14(12(9-17)10-18)11-7-4-3-5-8-11/h3-5,7-8,12,14H,2,6H2,1H3,(H2,19,20,21)/t14-/m0/s1. The van der Waals surface area contributed by atoms with Crippen molar-refractivity contribution in [2.75, 3.05) is 0 Å². The Morgan fingerprint density at radius 1 is 1.14 bits per heavy atom. The topological polar surface area (TPSA) is 96.2 Å². The SMILES string of the molecule is CCCc1[nH][nH]c(=O)c1[C@@H](c1ccccc1)C(C#N)C#N. The summed E-state index contributed by atoms with van der Waals surface area (Å²) >= 11 is 0. The molecular weight excluding hydrogens is 264 g/mol. The van der Waals surface area contributed by atoms with E-state index in [9.17, 15) is 15.3 Å². The van der Waals surface area contributed by atoms with Gasteiger partial charge in [0, 0.05) is 17.2 Å². The quantitative estimate of drug-likeness (QED) is 0.880. The van der Waals surface area contributed by atoms with Gasteiger partial charge in [0.2, 0.25) is 0 Å². The molecule has 0 saturated carbocycles. The number of aromatic amines is 2. The van der Waals surface area contributed by atoms with E-state index in [1.807, 2.05) is 49.4 Å². The summed E-state index contributed by atoms with van der Waals surface area (Å²) in [5.41, 5.74) is 1.80. The highest BCUT2D eigenvalue weighted by atomic mass is 16.1. The molecule has 0 amide bonds. The molecule has 1 atom stereocenters. The highest BCUT2D eigenvalue weighted by molar-refractivity contribution is 5.38. The summed E-state index contributed by atoms with van der Waals surface area (Å²) in [5, 5.41) is 24.0. The zero-order valence-electron chi connectivity index (χ0n) is 11.8. The predicted molar refractivity (Wildman–Crippen MR) is 78.4 cm³/mol. The van der Waals surface area contributed by atoms with E-state index < -0.39 is 11.8 Å². The second-order valence-corrected chi connectivity index (χ2v) is 4.85. The normalized spacial score (nSPS) is 11.8. The van der Waals surface area contributed by atoms with Gasteiger partial charge in [-0.25, -0.2) is 0 Å². The first-order valence-corrected chi connectivity index (χ1v) is 6.86. The van der Waals surface area contributed by atoms with E-state index in [0.29, 0.717) is 12.0 Å². The van der Waals surface area contributed by atoms with E-state index in [2.05, 4.69) is 10.2 Å². The van der Waals surface area contributed by atoms with Crippen LogP contribution in [-0.2, 0) is 6.42 Å². The molecule has 0 spiro atoms. The number of benzene rings is 1. The lowest BCUT2D eigenvalue weighted by Crippen LogP contribution is -2.19. The summed E-state index contributed by atoms with van der Waals surface area (Å²) in [6.45, 7) is 2.01. The maximum absolute atomic E-state index is 12.2. The lowest BCUT2D eigenvalue weighted by molar-refractivity contribution is 0.692. The van der Waals surface area contributed by atoms with Gasteiger partial charge in [0.05, 0.1) is 12.1 Å². The van der Waals surface area contributed by atoms with Gasteiger partial charge in [-0.3, -0.25) is 9.89 Å². The van der Waals surface area contributed by atoms with Crippen LogP contribution in [0.3, 0.4) is 0 Å². The lowest BCUT2D eigenvalue weighted by atomic mass is 9.81. The first-order valence-electron chi connectivity index (χ1n) is 6.86. The van der Waals surface area contributed by atoms with Crippen LogP contribution in [0.4, 0.5) is 0 Å². The number of nitrogens with zero attached hydrogens (tertiary/aromatic N) is 2. The van der Waals surface area contributed by atoms with Crippen LogP contribution < -0.4 is 5.56 Å². The van der Waals surface area contributed by atoms with Crippen LogP contribution in [0.25, 0.3) is 0 Å². The molecule has 5 heteroatoms. The molecular formula is C16H16N4O. The molecule has 1 aromatic heterocycles. The van der Waals surface area contributed by atoms with Crippen LogP contribution in [0.15, 0.2) is 35.1 Å². The molecule has 0 aliphatic rings. The molecule has 2 rings (SSSR count). The van der Waals surface area contributed by atoms with Gasteiger partial charge in [0.25, 0.3) is 5.56 Å². The molecule has 2 N–H and O–H groups in total. The average molecular weight is 280 g/mol. The molecule has 0 bridgehead atoms. The summed E-state index contributed by atoms with van der Waals surface area (Å²) in [6, 6.07) is 13.2. The Hall–Kier alpha value is -2.79. The summed E-state index contributed by atoms with van der Waals surface area (Å²) < 4.78 is 0. The first kappa shape index (κ1) is 14.6. The van der Waals surface area contributed by atoms with Gasteiger partial charge in [-0.1, -0.05) is 43.7 Å². The minimum absolute atomic E-state index is 0.261. The van der Waals surface area contributed by atoms with Crippen molar-refractivity contribution >= 4 is 0 Å². The summed E-state index contributed by atoms with van der Waals surface area (Å²) in [7, 11) is 0. The highest BCUT2D eigenvalue weighted by Gasteiger charge is 2.30. The predicted octanol–water partition coefficient (Wildman–Crippen LogP) is 2.45. The fourth-order valence-electron chi connectivity index (χ4n) is 2.54. The zero-order chi connectivity index (χ0) is 15.2. The maximum atomic E-state index is 12.2. The lowest BCUT2D eigenvalue weighted by Gasteiger charge is -2.17. The van der Waals surface area contributed by atoms with Crippen LogP contribution in [0.5, 0.6) is 0 Å². The first-order chi connectivity index (χ1) is 10.2. The van der Waals surface area contributed by atoms with Gasteiger partial charge in [-0.2, -0.15) is 10.5 Å². The summed E-state index contributed by atoms with van der Waals surface area (Å²) in [5.74, 6) is -1.45. The van der Waals surface area contributed by atoms with Gasteiger partial charge < -0.3 is 5.10 Å². The second kappa shape index (κ2) is 6.58. The van der Waals surface area contributed by atoms with Gasteiger partial charge >= 0.3 is 0 Å². The van der Waals surface area contributed by atoms with Crippen molar-refractivity contribution in [3.8, 4) is 12.1 Å². The molecule has 106 valence electrons. The van der Waals surface area contributed by atoms with E-state index in [0.717, 1.165) is 17.7 Å². The summed E-state index contributed by atoms with van der Waals surface area (Å²) in [4.78, 5) is 12.2. The van der Waals surface area contributed by atoms with Gasteiger partial charge in [0.15, 0.2) is 0 Å². The van der Waals surface area contributed by atoms with Crippen molar-refractivity contribution in [3.63, 3.8) is 0 Å². The van der Waals surface area contributed by atoms with Crippen molar-refractivity contribution in [3.05, 3.63) is 57.5 Å². The number of nitriles is 2. The van der Waals surface area contributed by atoms with E-state index in [-0.39, 0.29) is 5.56 Å². The zero-order valence-corrected chi connectivity index (χ0v) is 11.8. The van der Waals surface area contributed by atoms with Gasteiger partial charge in [0.1, 0.15) is 5.92 Å².